The number of rotatable bonds is 6. The minimum absolute atomic E-state index is 0. The fourth-order valence-electron chi connectivity index (χ4n) is 2.41. The molecule has 1 aromatic heterocycles. The molecule has 5 nitrogen and oxygen atoms in total. The van der Waals surface area contributed by atoms with Crippen molar-refractivity contribution in [1.82, 2.24) is 20.4 Å². The first kappa shape index (κ1) is 19.2. The lowest BCUT2D eigenvalue weighted by Crippen LogP contribution is -2.37. The van der Waals surface area contributed by atoms with Gasteiger partial charge in [0, 0.05) is 25.4 Å². The van der Waals surface area contributed by atoms with Gasteiger partial charge in [0.1, 0.15) is 6.04 Å². The largest absolute Gasteiger partial charge is 0.354 e. The number of nitrogens with zero attached hydrogens (tertiary/aromatic N) is 2. The van der Waals surface area contributed by atoms with Crippen LogP contribution < -0.4 is 10.6 Å². The van der Waals surface area contributed by atoms with E-state index in [0.29, 0.717) is 6.54 Å². The maximum Gasteiger partial charge on any atom is 0.241 e. The molecule has 2 rings (SSSR count). The van der Waals surface area contributed by atoms with Crippen LogP contribution in [-0.2, 0) is 11.8 Å². The predicted octanol–water partition coefficient (Wildman–Crippen LogP) is 2.33. The molecule has 1 aromatic carbocycles. The second-order valence-corrected chi connectivity index (χ2v) is 5.73. The number of benzene rings is 1. The van der Waals surface area contributed by atoms with Crippen molar-refractivity contribution in [2.45, 2.75) is 25.8 Å². The SMILES string of the molecule is CNC(C(=O)NCC(C)c1ccc(C)cc1)c1cnn(C)c1.Cl. The third kappa shape index (κ3) is 5.08. The van der Waals surface area contributed by atoms with Crippen LogP contribution in [0, 0.1) is 6.92 Å². The average molecular weight is 337 g/mol. The molecular formula is C17H25ClN4O. The molecule has 126 valence electrons. The van der Waals surface area contributed by atoms with E-state index in [1.807, 2.05) is 13.2 Å². The van der Waals surface area contributed by atoms with E-state index in [2.05, 4.69) is 53.8 Å². The Kier molecular flexibility index (Phi) is 7.26. The monoisotopic (exact) mass is 336 g/mol. The van der Waals surface area contributed by atoms with Crippen LogP contribution in [0.2, 0.25) is 0 Å². The molecule has 2 unspecified atom stereocenters. The van der Waals surface area contributed by atoms with E-state index in [1.54, 1.807) is 17.9 Å². The molecule has 0 fully saturated rings. The van der Waals surface area contributed by atoms with Crippen LogP contribution in [0.25, 0.3) is 0 Å². The van der Waals surface area contributed by atoms with Crippen LogP contribution in [0.4, 0.5) is 0 Å². The van der Waals surface area contributed by atoms with Gasteiger partial charge in [0.15, 0.2) is 0 Å². The molecule has 2 aromatic rings. The number of carbonyl (C=O) groups is 1. The maximum atomic E-state index is 12.4. The zero-order chi connectivity index (χ0) is 16.1. The lowest BCUT2D eigenvalue weighted by Gasteiger charge is -2.18. The highest BCUT2D eigenvalue weighted by Gasteiger charge is 2.20. The number of likely N-dealkylation sites (N-methyl/N-ethyl adjacent to an activating group) is 1. The van der Waals surface area contributed by atoms with E-state index < -0.39 is 0 Å². The summed E-state index contributed by atoms with van der Waals surface area (Å²) in [4.78, 5) is 12.4. The number of hydrogen-bond acceptors (Lipinski definition) is 3. The van der Waals surface area contributed by atoms with Gasteiger partial charge in [-0.05, 0) is 25.5 Å². The minimum Gasteiger partial charge on any atom is -0.354 e. The Morgan fingerprint density at radius 2 is 1.91 bits per heavy atom. The molecule has 2 atom stereocenters. The summed E-state index contributed by atoms with van der Waals surface area (Å²) in [6.07, 6.45) is 3.56. The van der Waals surface area contributed by atoms with E-state index >= 15 is 0 Å². The van der Waals surface area contributed by atoms with Gasteiger partial charge in [-0.15, -0.1) is 12.4 Å². The van der Waals surface area contributed by atoms with Gasteiger partial charge in [0.25, 0.3) is 0 Å². The smallest absolute Gasteiger partial charge is 0.241 e. The first-order valence-electron chi connectivity index (χ1n) is 7.51. The van der Waals surface area contributed by atoms with Crippen molar-refractivity contribution < 1.29 is 4.79 Å². The first-order valence-corrected chi connectivity index (χ1v) is 7.51. The summed E-state index contributed by atoms with van der Waals surface area (Å²) >= 11 is 0. The molecule has 0 aliphatic carbocycles. The molecule has 0 saturated carbocycles. The summed E-state index contributed by atoms with van der Waals surface area (Å²) in [6.45, 7) is 4.80. The van der Waals surface area contributed by atoms with Crippen LogP contribution in [0.1, 0.15) is 35.6 Å². The number of carbonyl (C=O) groups excluding carboxylic acids is 1. The number of aromatic nitrogens is 2. The fourth-order valence-corrected chi connectivity index (χ4v) is 2.41. The molecule has 1 heterocycles. The van der Waals surface area contributed by atoms with Crippen LogP contribution in [0.3, 0.4) is 0 Å². The Morgan fingerprint density at radius 3 is 2.43 bits per heavy atom. The third-order valence-electron chi connectivity index (χ3n) is 3.84. The Balaban J connectivity index is 0.00000264. The standard InChI is InChI=1S/C17H24N4O.ClH/c1-12-5-7-14(8-6-12)13(2)9-19-17(22)16(18-3)15-10-20-21(4)11-15;/h5-8,10-11,13,16,18H,9H2,1-4H3,(H,19,22);1H. The Hall–Kier alpha value is -1.85. The molecule has 23 heavy (non-hydrogen) atoms. The normalized spacial score (nSPS) is 13.0. The zero-order valence-corrected chi connectivity index (χ0v) is 14.9. The second-order valence-electron chi connectivity index (χ2n) is 5.73. The number of hydrogen-bond donors (Lipinski definition) is 2. The highest BCUT2D eigenvalue weighted by atomic mass is 35.5. The fraction of sp³-hybridized carbons (Fsp3) is 0.412. The second kappa shape index (κ2) is 8.70. The average Bonchev–Trinajstić information content (AvgIpc) is 2.92. The zero-order valence-electron chi connectivity index (χ0n) is 14.0. The van der Waals surface area contributed by atoms with Gasteiger partial charge in [-0.2, -0.15) is 5.10 Å². The van der Waals surface area contributed by atoms with Crippen molar-refractivity contribution in [1.29, 1.82) is 0 Å². The van der Waals surface area contributed by atoms with E-state index in [1.165, 1.54) is 11.1 Å². The van der Waals surface area contributed by atoms with Gasteiger partial charge in [-0.3, -0.25) is 9.48 Å². The van der Waals surface area contributed by atoms with Gasteiger partial charge >= 0.3 is 0 Å². The number of halogens is 1. The lowest BCUT2D eigenvalue weighted by atomic mass is 10.00. The van der Waals surface area contributed by atoms with Crippen LogP contribution >= 0.6 is 12.4 Å². The van der Waals surface area contributed by atoms with Gasteiger partial charge < -0.3 is 10.6 Å². The van der Waals surface area contributed by atoms with Crippen LogP contribution in [-0.4, -0.2) is 29.3 Å². The van der Waals surface area contributed by atoms with Crippen molar-refractivity contribution >= 4 is 18.3 Å². The summed E-state index contributed by atoms with van der Waals surface area (Å²) in [6, 6.07) is 8.05. The van der Waals surface area contributed by atoms with Gasteiger partial charge in [0.05, 0.1) is 6.20 Å². The highest BCUT2D eigenvalue weighted by molar-refractivity contribution is 5.85. The third-order valence-corrected chi connectivity index (χ3v) is 3.84. The Labute approximate surface area is 143 Å². The maximum absolute atomic E-state index is 12.4. The number of aryl methyl sites for hydroxylation is 2. The van der Waals surface area contributed by atoms with Gasteiger partial charge in [-0.25, -0.2) is 0 Å². The van der Waals surface area contributed by atoms with E-state index in [0.717, 1.165) is 5.56 Å². The van der Waals surface area contributed by atoms with Crippen molar-refractivity contribution in [3.05, 3.63) is 53.3 Å². The molecule has 0 radical (unpaired) electrons. The Morgan fingerprint density at radius 1 is 1.26 bits per heavy atom. The van der Waals surface area contributed by atoms with E-state index in [9.17, 15) is 4.79 Å². The topological polar surface area (TPSA) is 59.0 Å². The van der Waals surface area contributed by atoms with Crippen LogP contribution in [0.5, 0.6) is 0 Å². The summed E-state index contributed by atoms with van der Waals surface area (Å²) in [5.41, 5.74) is 3.34. The molecule has 0 saturated heterocycles. The van der Waals surface area contributed by atoms with Gasteiger partial charge in [0.2, 0.25) is 5.91 Å². The van der Waals surface area contributed by atoms with Crippen molar-refractivity contribution in [3.63, 3.8) is 0 Å². The molecule has 6 heteroatoms. The van der Waals surface area contributed by atoms with Gasteiger partial charge in [-0.1, -0.05) is 36.8 Å². The summed E-state index contributed by atoms with van der Waals surface area (Å²) < 4.78 is 1.70. The summed E-state index contributed by atoms with van der Waals surface area (Å²) in [7, 11) is 3.62. The molecule has 0 spiro atoms. The number of nitrogens with one attached hydrogen (secondary N) is 2. The molecule has 1 amide bonds. The van der Waals surface area contributed by atoms with Crippen LogP contribution in [0.15, 0.2) is 36.7 Å². The lowest BCUT2D eigenvalue weighted by molar-refractivity contribution is -0.123. The molecule has 0 bridgehead atoms. The van der Waals surface area contributed by atoms with Crippen molar-refractivity contribution in [3.8, 4) is 0 Å². The highest BCUT2D eigenvalue weighted by Crippen LogP contribution is 2.16. The molecule has 0 aliphatic rings. The first-order chi connectivity index (χ1) is 10.5. The minimum atomic E-state index is -0.376. The Bertz CT molecular complexity index is 624. The quantitative estimate of drug-likeness (QED) is 0.851. The summed E-state index contributed by atoms with van der Waals surface area (Å²) in [5, 5.41) is 10.2. The van der Waals surface area contributed by atoms with Crippen molar-refractivity contribution in [2.24, 2.45) is 7.05 Å². The van der Waals surface area contributed by atoms with E-state index in [4.69, 9.17) is 0 Å². The predicted molar refractivity (Wildman–Crippen MR) is 94.9 cm³/mol. The number of amides is 1. The molecule has 0 aliphatic heterocycles. The summed E-state index contributed by atoms with van der Waals surface area (Å²) in [5.74, 6) is 0.241. The van der Waals surface area contributed by atoms with Crippen molar-refractivity contribution in [2.75, 3.05) is 13.6 Å². The molecular weight excluding hydrogens is 312 g/mol. The van der Waals surface area contributed by atoms with E-state index in [-0.39, 0.29) is 30.3 Å². The molecule has 2 N–H and O–H groups in total.